The van der Waals surface area contributed by atoms with E-state index in [1.165, 1.54) is 14.7 Å². The molecule has 0 aromatic heterocycles. The van der Waals surface area contributed by atoms with Gasteiger partial charge in [-0.15, -0.1) is 12.6 Å². The van der Waals surface area contributed by atoms with E-state index in [0.717, 1.165) is 4.90 Å². The highest BCUT2D eigenvalue weighted by atomic mass is 32.2. The summed E-state index contributed by atoms with van der Waals surface area (Å²) < 4.78 is 135. The molecule has 0 spiro atoms. The fourth-order valence-corrected chi connectivity index (χ4v) is 5.30. The van der Waals surface area contributed by atoms with Crippen molar-refractivity contribution >= 4 is 33.6 Å². The smallest absolute Gasteiger partial charge is 0.460 e. The van der Waals surface area contributed by atoms with Gasteiger partial charge in [-0.05, 0) is 48.5 Å². The number of alkyl halides is 9. The zero-order valence-corrected chi connectivity index (χ0v) is 20.5. The predicted molar refractivity (Wildman–Crippen MR) is 119 cm³/mol. The molecule has 0 saturated carbocycles. The van der Waals surface area contributed by atoms with Crippen LogP contribution >= 0.6 is 12.6 Å². The Labute approximate surface area is 213 Å². The van der Waals surface area contributed by atoms with Crippen molar-refractivity contribution in [2.45, 2.75) is 42.9 Å². The maximum atomic E-state index is 12.2. The van der Waals surface area contributed by atoms with Gasteiger partial charge < -0.3 is 4.55 Å². The summed E-state index contributed by atoms with van der Waals surface area (Å²) in [5.41, 5.74) is 0. The minimum absolute atomic E-state index is 0.0569. The van der Waals surface area contributed by atoms with Gasteiger partial charge in [0.1, 0.15) is 0 Å². The Morgan fingerprint density at radius 3 is 1.27 bits per heavy atom. The maximum Gasteiger partial charge on any atom is 0.460 e. The first-order valence-electron chi connectivity index (χ1n) is 9.63. The molecule has 3 nitrogen and oxygen atoms in total. The molecule has 0 aliphatic heterocycles. The molecule has 202 valence electrons. The van der Waals surface area contributed by atoms with Crippen LogP contribution in [-0.4, -0.2) is 36.2 Å². The lowest BCUT2D eigenvalue weighted by Crippen LogP contribution is -2.63. The van der Waals surface area contributed by atoms with Gasteiger partial charge in [0.25, 0.3) is 0 Å². The second kappa shape index (κ2) is 11.2. The van der Waals surface area contributed by atoms with E-state index in [9.17, 15) is 52.5 Å². The molecule has 0 fully saturated rings. The van der Waals surface area contributed by atoms with Crippen LogP contribution in [0.4, 0.5) is 39.5 Å². The van der Waals surface area contributed by atoms with Gasteiger partial charge in [-0.3, -0.25) is 0 Å². The molecular weight excluding hydrogens is 579 g/mol. The van der Waals surface area contributed by atoms with Gasteiger partial charge in [-0.2, -0.15) is 39.5 Å². The van der Waals surface area contributed by atoms with Gasteiger partial charge in [-0.25, -0.2) is 8.42 Å². The maximum absolute atomic E-state index is 12.2. The van der Waals surface area contributed by atoms with Crippen molar-refractivity contribution in [3.05, 3.63) is 84.9 Å². The Morgan fingerprint density at radius 1 is 0.595 bits per heavy atom. The van der Waals surface area contributed by atoms with Gasteiger partial charge in [0, 0.05) is 4.90 Å². The lowest BCUT2D eigenvalue weighted by atomic mass is 10.1. The molecule has 3 rings (SSSR count). The van der Waals surface area contributed by atoms with Gasteiger partial charge in [0.2, 0.25) is 0 Å². The van der Waals surface area contributed by atoms with Gasteiger partial charge in [-0.1, -0.05) is 36.4 Å². The van der Waals surface area contributed by atoms with Crippen LogP contribution in [0.3, 0.4) is 0 Å². The largest absolute Gasteiger partial charge is 0.743 e. The molecule has 0 heterocycles. The highest BCUT2D eigenvalue weighted by Gasteiger charge is 2.83. The monoisotopic (exact) mass is 594 g/mol. The predicted octanol–water partition coefficient (Wildman–Crippen LogP) is 7.03. The van der Waals surface area contributed by atoms with E-state index in [4.69, 9.17) is 0 Å². The van der Waals surface area contributed by atoms with Crippen molar-refractivity contribution in [3.63, 3.8) is 0 Å². The van der Waals surface area contributed by atoms with Crippen molar-refractivity contribution in [3.8, 4) is 0 Å². The molecule has 3 aromatic rings. The van der Waals surface area contributed by atoms with Gasteiger partial charge in [0.05, 0.1) is 10.9 Å². The highest BCUT2D eigenvalue weighted by molar-refractivity contribution is 7.97. The molecule has 37 heavy (non-hydrogen) atoms. The normalized spacial score (nSPS) is 13.2. The van der Waals surface area contributed by atoms with Crippen LogP contribution in [0.5, 0.6) is 0 Å². The number of halogens is 9. The van der Waals surface area contributed by atoms with Gasteiger partial charge in [0.15, 0.2) is 24.8 Å². The molecule has 0 unspecified atom stereocenters. The van der Waals surface area contributed by atoms with E-state index < -0.39 is 33.4 Å². The highest BCUT2D eigenvalue weighted by Crippen LogP contribution is 2.54. The quantitative estimate of drug-likeness (QED) is 0.144. The molecular formula is C22H15F9O3S3. The second-order valence-corrected chi connectivity index (χ2v) is 11.0. The Morgan fingerprint density at radius 2 is 0.946 bits per heavy atom. The van der Waals surface area contributed by atoms with Crippen molar-refractivity contribution in [2.24, 2.45) is 0 Å². The van der Waals surface area contributed by atoms with Crippen molar-refractivity contribution in [2.75, 3.05) is 0 Å². The van der Waals surface area contributed by atoms with Crippen LogP contribution in [0, 0.1) is 0 Å². The summed E-state index contributed by atoms with van der Waals surface area (Å²) in [6, 6.07) is 29.8. The molecule has 0 radical (unpaired) electrons. The van der Waals surface area contributed by atoms with Crippen LogP contribution < -0.4 is 0 Å². The van der Waals surface area contributed by atoms with E-state index >= 15 is 0 Å². The summed E-state index contributed by atoms with van der Waals surface area (Å²) in [4.78, 5) is 5.00. The molecule has 0 saturated heterocycles. The molecule has 0 bridgehead atoms. The van der Waals surface area contributed by atoms with Crippen molar-refractivity contribution in [1.29, 1.82) is 0 Å². The molecule has 15 heteroatoms. The summed E-state index contributed by atoms with van der Waals surface area (Å²) >= 11 is 4.38. The zero-order chi connectivity index (χ0) is 28.3. The minimum Gasteiger partial charge on any atom is -0.743 e. The summed E-state index contributed by atoms with van der Waals surface area (Å²) in [5, 5.41) is -7.11. The first kappa shape index (κ1) is 30.9. The Hall–Kier alpha value is -2.36. The van der Waals surface area contributed by atoms with E-state index in [-0.39, 0.29) is 10.9 Å². The third kappa shape index (κ3) is 6.56. The number of hydrogen-bond acceptors (Lipinski definition) is 4. The number of rotatable bonds is 6. The topological polar surface area (TPSA) is 57.2 Å². The average molecular weight is 595 g/mol. The summed E-state index contributed by atoms with van der Waals surface area (Å²) in [6.45, 7) is 0. The molecule has 0 aliphatic rings. The third-order valence-corrected chi connectivity index (χ3v) is 7.87. The number of thiol groups is 1. The van der Waals surface area contributed by atoms with Crippen LogP contribution in [-0.2, 0) is 21.0 Å². The average Bonchev–Trinajstić information content (AvgIpc) is 2.81. The fraction of sp³-hybridized carbons (Fsp3) is 0.182. The van der Waals surface area contributed by atoms with Crippen LogP contribution in [0.2, 0.25) is 0 Å². The summed E-state index contributed by atoms with van der Waals surface area (Å²) in [7, 11) is -7.47. The lowest BCUT2D eigenvalue weighted by Gasteiger charge is -2.34. The molecule has 0 amide bonds. The number of hydrogen-bond donors (Lipinski definition) is 1. The first-order valence-corrected chi connectivity index (χ1v) is 12.7. The Balaban J connectivity index is 0.000000265. The Bertz CT molecular complexity index is 1230. The van der Waals surface area contributed by atoms with E-state index in [1.54, 1.807) is 0 Å². The second-order valence-electron chi connectivity index (χ2n) is 7.04. The van der Waals surface area contributed by atoms with E-state index in [0.29, 0.717) is 0 Å². The Kier molecular flexibility index (Phi) is 9.32. The summed E-state index contributed by atoms with van der Waals surface area (Å²) in [6.07, 6.45) is -7.16. The molecule has 0 N–H and O–H groups in total. The lowest BCUT2D eigenvalue weighted by molar-refractivity contribution is -0.382. The minimum atomic E-state index is -7.43. The van der Waals surface area contributed by atoms with Gasteiger partial charge >= 0.3 is 23.3 Å². The number of benzene rings is 3. The van der Waals surface area contributed by atoms with Crippen molar-refractivity contribution in [1.82, 2.24) is 0 Å². The van der Waals surface area contributed by atoms with E-state index in [1.807, 2.05) is 0 Å². The SMILES string of the molecule is O=S(=O)([O-])C(F)(F)C(F)(F)C(F)(F)C(F)(F)F.Sc1ccc([S+](c2ccccc2)c2ccccc2)cc1. The standard InChI is InChI=1S/C18H14S2.C4HF9O3S/c19-15-11-13-18(14-12-15)20(16-7-3-1-4-8-16)17-9-5-2-6-10-17;5-1(6,3(9,10)11)2(7,8)4(12,13)17(14,15)16/h1-14H;(H,14,15,16). The third-order valence-electron chi connectivity index (χ3n) is 4.46. The summed E-state index contributed by atoms with van der Waals surface area (Å²) in [5.74, 6) is -14.8. The van der Waals surface area contributed by atoms with Crippen LogP contribution in [0.25, 0.3) is 0 Å². The fourth-order valence-electron chi connectivity index (χ4n) is 2.62. The van der Waals surface area contributed by atoms with Crippen molar-refractivity contribution < 1.29 is 52.5 Å². The molecule has 0 aliphatic carbocycles. The zero-order valence-electron chi connectivity index (χ0n) is 18.0. The first-order chi connectivity index (χ1) is 16.8. The molecule has 0 atom stereocenters. The van der Waals surface area contributed by atoms with Crippen LogP contribution in [0.15, 0.2) is 105 Å². The van der Waals surface area contributed by atoms with E-state index in [2.05, 4.69) is 97.6 Å². The van der Waals surface area contributed by atoms with Crippen LogP contribution in [0.1, 0.15) is 0 Å². The molecule has 3 aromatic carbocycles.